The van der Waals surface area contributed by atoms with Gasteiger partial charge in [0.05, 0.1) is 10.4 Å². The monoisotopic (exact) mass is 500 g/mol. The van der Waals surface area contributed by atoms with Crippen molar-refractivity contribution in [3.05, 3.63) is 58.9 Å². The van der Waals surface area contributed by atoms with E-state index in [9.17, 15) is 27.2 Å². The molecule has 0 radical (unpaired) electrons. The number of hydrogen-bond acceptors (Lipinski definition) is 4. The number of rotatable bonds is 8. The first kappa shape index (κ1) is 24.1. The fraction of sp³-hybridized carbons (Fsp3) is 0.391. The topological polar surface area (TPSA) is 76.7 Å². The second-order valence-corrected chi connectivity index (χ2v) is 8.97. The van der Waals surface area contributed by atoms with Crippen LogP contribution in [-0.2, 0) is 16.1 Å². The van der Waals surface area contributed by atoms with Gasteiger partial charge in [-0.2, -0.15) is 0 Å². The minimum atomic E-state index is -4.76. The van der Waals surface area contributed by atoms with Crippen LogP contribution in [-0.4, -0.2) is 30.8 Å². The summed E-state index contributed by atoms with van der Waals surface area (Å²) in [5.74, 6) is -1.13. The van der Waals surface area contributed by atoms with Crippen LogP contribution in [0, 0.1) is 17.2 Å². The van der Waals surface area contributed by atoms with Gasteiger partial charge in [0, 0.05) is 18.7 Å². The van der Waals surface area contributed by atoms with Gasteiger partial charge in [-0.05, 0) is 55.0 Å². The molecule has 3 saturated carbocycles. The quantitative estimate of drug-likeness (QED) is 0.528. The molecule has 11 heteroatoms. The number of carbonyl (C=O) groups is 2. The third kappa shape index (κ3) is 5.55. The Morgan fingerprint density at radius 1 is 1.06 bits per heavy atom. The molecule has 0 heterocycles. The highest BCUT2D eigenvalue weighted by molar-refractivity contribution is 6.30. The number of amides is 2. The number of nitrogens with one attached hydrogen (secondary N) is 2. The van der Waals surface area contributed by atoms with Crippen molar-refractivity contribution < 1.29 is 36.6 Å². The van der Waals surface area contributed by atoms with Crippen molar-refractivity contribution in [2.24, 2.45) is 11.3 Å². The molecule has 2 bridgehead atoms. The van der Waals surface area contributed by atoms with Crippen LogP contribution in [0.2, 0.25) is 5.02 Å². The molecule has 0 aliphatic heterocycles. The van der Waals surface area contributed by atoms with Crippen molar-refractivity contribution >= 4 is 23.4 Å². The minimum absolute atomic E-state index is 0.0430. The van der Waals surface area contributed by atoms with Crippen molar-refractivity contribution in [1.82, 2.24) is 10.6 Å². The van der Waals surface area contributed by atoms with Gasteiger partial charge in [-0.1, -0.05) is 23.7 Å². The Balaban J connectivity index is 1.22. The number of halogens is 5. The van der Waals surface area contributed by atoms with Gasteiger partial charge in [-0.3, -0.25) is 9.59 Å². The lowest BCUT2D eigenvalue weighted by Gasteiger charge is -2.36. The molecule has 2 N–H and O–H groups in total. The Morgan fingerprint density at radius 2 is 1.74 bits per heavy atom. The lowest BCUT2D eigenvalue weighted by atomic mass is 9.69. The lowest BCUT2D eigenvalue weighted by molar-refractivity contribution is -0.274. The summed E-state index contributed by atoms with van der Waals surface area (Å²) in [5.41, 5.74) is 0.0658. The van der Waals surface area contributed by atoms with Gasteiger partial charge in [0.2, 0.25) is 5.91 Å². The molecule has 2 aromatic carbocycles. The van der Waals surface area contributed by atoms with Crippen LogP contribution < -0.4 is 20.1 Å². The molecule has 2 aromatic rings. The van der Waals surface area contributed by atoms with E-state index in [1.54, 1.807) is 0 Å². The minimum Gasteiger partial charge on any atom is -0.484 e. The zero-order valence-electron chi connectivity index (χ0n) is 17.8. The first-order valence-corrected chi connectivity index (χ1v) is 10.9. The Hall–Kier alpha value is -3.01. The smallest absolute Gasteiger partial charge is 0.484 e. The van der Waals surface area contributed by atoms with E-state index in [0.717, 1.165) is 6.07 Å². The number of hydrogen-bond donors (Lipinski definition) is 2. The lowest BCUT2D eigenvalue weighted by Crippen LogP contribution is -2.44. The molecule has 0 saturated heterocycles. The Kier molecular flexibility index (Phi) is 6.62. The molecule has 3 fully saturated rings. The van der Waals surface area contributed by atoms with E-state index in [1.165, 1.54) is 36.4 Å². The second kappa shape index (κ2) is 9.32. The summed E-state index contributed by atoms with van der Waals surface area (Å²) in [6.45, 7) is -0.127. The third-order valence-electron chi connectivity index (χ3n) is 6.18. The predicted octanol–water partition coefficient (Wildman–Crippen LogP) is 4.36. The average molecular weight is 501 g/mol. The summed E-state index contributed by atoms with van der Waals surface area (Å²) < 4.78 is 59.3. The van der Waals surface area contributed by atoms with Crippen LogP contribution in [0.1, 0.15) is 24.8 Å². The number of benzene rings is 2. The summed E-state index contributed by atoms with van der Waals surface area (Å²) in [6, 6.07) is 9.01. The van der Waals surface area contributed by atoms with Crippen LogP contribution in [0.25, 0.3) is 0 Å². The van der Waals surface area contributed by atoms with Gasteiger partial charge in [0.15, 0.2) is 6.61 Å². The van der Waals surface area contributed by atoms with E-state index in [1.807, 2.05) is 0 Å². The van der Waals surface area contributed by atoms with E-state index >= 15 is 0 Å². The zero-order chi connectivity index (χ0) is 24.5. The number of fused-ring (bicyclic) bond motifs is 1. The van der Waals surface area contributed by atoms with E-state index in [-0.39, 0.29) is 53.4 Å². The predicted molar refractivity (Wildman–Crippen MR) is 114 cm³/mol. The van der Waals surface area contributed by atoms with Crippen molar-refractivity contribution in [1.29, 1.82) is 0 Å². The summed E-state index contributed by atoms with van der Waals surface area (Å²) >= 11 is 5.62. The molecule has 0 aromatic heterocycles. The van der Waals surface area contributed by atoms with Crippen molar-refractivity contribution in [2.45, 2.75) is 38.2 Å². The van der Waals surface area contributed by atoms with Crippen molar-refractivity contribution in [3.8, 4) is 11.5 Å². The zero-order valence-corrected chi connectivity index (χ0v) is 18.5. The average Bonchev–Trinajstić information content (AvgIpc) is 3.28. The molecule has 6 nitrogen and oxygen atoms in total. The Morgan fingerprint density at radius 3 is 2.38 bits per heavy atom. The van der Waals surface area contributed by atoms with Crippen LogP contribution in [0.15, 0.2) is 42.5 Å². The summed E-state index contributed by atoms with van der Waals surface area (Å²) in [6.07, 6.45) is -2.98. The molecule has 1 unspecified atom stereocenters. The van der Waals surface area contributed by atoms with Crippen LogP contribution >= 0.6 is 11.6 Å². The molecule has 0 spiro atoms. The molecular weight excluding hydrogens is 480 g/mol. The molecule has 3 aliphatic carbocycles. The van der Waals surface area contributed by atoms with Crippen LogP contribution in [0.3, 0.4) is 0 Å². The van der Waals surface area contributed by atoms with Gasteiger partial charge < -0.3 is 20.1 Å². The van der Waals surface area contributed by atoms with Gasteiger partial charge in [-0.15, -0.1) is 13.2 Å². The molecule has 34 heavy (non-hydrogen) atoms. The summed E-state index contributed by atoms with van der Waals surface area (Å²) in [7, 11) is 0. The Labute approximate surface area is 197 Å². The first-order chi connectivity index (χ1) is 16.0. The van der Waals surface area contributed by atoms with Gasteiger partial charge in [0.1, 0.15) is 17.3 Å². The molecule has 5 rings (SSSR count). The van der Waals surface area contributed by atoms with Gasteiger partial charge in [0.25, 0.3) is 5.91 Å². The number of ether oxygens (including phenoxy) is 2. The van der Waals surface area contributed by atoms with E-state index in [4.69, 9.17) is 16.3 Å². The van der Waals surface area contributed by atoms with E-state index in [0.29, 0.717) is 24.8 Å². The second-order valence-electron chi connectivity index (χ2n) is 8.57. The summed E-state index contributed by atoms with van der Waals surface area (Å²) in [5, 5.41) is 5.66. The summed E-state index contributed by atoms with van der Waals surface area (Å²) in [4.78, 5) is 25.0. The van der Waals surface area contributed by atoms with E-state index in [2.05, 4.69) is 15.4 Å². The van der Waals surface area contributed by atoms with Crippen molar-refractivity contribution in [3.63, 3.8) is 0 Å². The number of carbonyl (C=O) groups excluding carboxylic acids is 2. The highest BCUT2D eigenvalue weighted by Gasteiger charge is 2.60. The molecule has 3 aliphatic rings. The van der Waals surface area contributed by atoms with Crippen LogP contribution in [0.4, 0.5) is 17.6 Å². The van der Waals surface area contributed by atoms with Gasteiger partial charge >= 0.3 is 6.36 Å². The Bertz CT molecular complexity index is 1070. The molecule has 2 amide bonds. The molecule has 182 valence electrons. The third-order valence-corrected chi connectivity index (χ3v) is 6.49. The highest BCUT2D eigenvalue weighted by atomic mass is 35.5. The fourth-order valence-corrected chi connectivity index (χ4v) is 4.69. The largest absolute Gasteiger partial charge is 0.573 e. The maximum Gasteiger partial charge on any atom is 0.573 e. The normalized spacial score (nSPS) is 23.1. The van der Waals surface area contributed by atoms with Crippen LogP contribution in [0.5, 0.6) is 11.5 Å². The fourth-order valence-electron chi connectivity index (χ4n) is 4.57. The first-order valence-electron chi connectivity index (χ1n) is 10.5. The van der Waals surface area contributed by atoms with Crippen molar-refractivity contribution in [2.75, 3.05) is 6.61 Å². The highest BCUT2D eigenvalue weighted by Crippen LogP contribution is 2.58. The number of alkyl halides is 3. The van der Waals surface area contributed by atoms with Gasteiger partial charge in [-0.25, -0.2) is 4.39 Å². The molecular formula is C23H21ClF4N2O4. The molecule has 1 atom stereocenters. The maximum atomic E-state index is 13.5. The van der Waals surface area contributed by atoms with E-state index < -0.39 is 17.6 Å². The standard InChI is InChI=1S/C23H21ClF4N2O4/c24-17-6-5-16(7-18(17)25)33-12-20(31)30-19-10-22(8-14(19)9-22)21(32)29-11-13-1-3-15(4-2-13)34-23(26,27)28/h1-7,14,19H,8-12H2,(H,29,32)(H,30,31). The maximum absolute atomic E-state index is 13.5. The SMILES string of the molecule is O=C(COc1ccc(Cl)c(F)c1)NC1CC2(C(=O)NCc3ccc(OC(F)(F)F)cc3)CC1C2.